The summed E-state index contributed by atoms with van der Waals surface area (Å²) in [6, 6.07) is 11.4. The summed E-state index contributed by atoms with van der Waals surface area (Å²) in [5.41, 5.74) is 2.11. The minimum atomic E-state index is -0.0844. The van der Waals surface area contributed by atoms with Gasteiger partial charge in [0.2, 0.25) is 11.7 Å². The summed E-state index contributed by atoms with van der Waals surface area (Å²) in [5.74, 6) is 1.18. The molecule has 1 N–H and O–H groups in total. The summed E-state index contributed by atoms with van der Waals surface area (Å²) >= 11 is 0. The van der Waals surface area contributed by atoms with Gasteiger partial charge in [0.25, 0.3) is 5.91 Å². The zero-order chi connectivity index (χ0) is 19.1. The lowest BCUT2D eigenvalue weighted by Gasteiger charge is -2.14. The fourth-order valence-electron chi connectivity index (χ4n) is 3.73. The molecule has 3 aromatic heterocycles. The zero-order valence-corrected chi connectivity index (χ0v) is 15.2. The van der Waals surface area contributed by atoms with Gasteiger partial charge in [-0.25, -0.2) is 0 Å². The van der Waals surface area contributed by atoms with Crippen LogP contribution in [0.15, 0.2) is 53.3 Å². The van der Waals surface area contributed by atoms with Crippen LogP contribution in [-0.2, 0) is 0 Å². The van der Waals surface area contributed by atoms with E-state index in [0.29, 0.717) is 30.5 Å². The van der Waals surface area contributed by atoms with Gasteiger partial charge < -0.3 is 9.42 Å². The standard InChI is InChI=1S/C20H18N6O2/c1-12-10-26(20(27)17-14-6-2-3-7-16(14)23-24-17)11-15(12)19-22-18(25-28-19)13-5-4-8-21-9-13/h2-9,12,15H,10-11H2,1H3,(H,23,24)/t12-,15-/m0/s1. The van der Waals surface area contributed by atoms with Crippen molar-refractivity contribution in [1.29, 1.82) is 0 Å². The molecule has 4 heterocycles. The summed E-state index contributed by atoms with van der Waals surface area (Å²) in [7, 11) is 0. The molecule has 28 heavy (non-hydrogen) atoms. The molecule has 0 aliphatic carbocycles. The molecule has 140 valence electrons. The van der Waals surface area contributed by atoms with Gasteiger partial charge in [-0.05, 0) is 24.1 Å². The molecular formula is C20H18N6O2. The Morgan fingerprint density at radius 3 is 2.96 bits per heavy atom. The van der Waals surface area contributed by atoms with Crippen molar-refractivity contribution < 1.29 is 9.32 Å². The Bertz CT molecular complexity index is 1140. The van der Waals surface area contributed by atoms with E-state index in [-0.39, 0.29) is 17.7 Å². The van der Waals surface area contributed by atoms with E-state index in [9.17, 15) is 4.79 Å². The molecule has 0 saturated carbocycles. The highest BCUT2D eigenvalue weighted by Crippen LogP contribution is 2.33. The van der Waals surface area contributed by atoms with Crippen LogP contribution in [0.5, 0.6) is 0 Å². The summed E-state index contributed by atoms with van der Waals surface area (Å²) in [6.07, 6.45) is 3.40. The van der Waals surface area contributed by atoms with Crippen LogP contribution in [0.25, 0.3) is 22.3 Å². The number of amides is 1. The summed E-state index contributed by atoms with van der Waals surface area (Å²) in [5, 5.41) is 12.1. The number of likely N-dealkylation sites (tertiary alicyclic amines) is 1. The molecule has 1 fully saturated rings. The first-order valence-corrected chi connectivity index (χ1v) is 9.17. The van der Waals surface area contributed by atoms with Gasteiger partial charge in [0.1, 0.15) is 0 Å². The first kappa shape index (κ1) is 16.6. The lowest BCUT2D eigenvalue weighted by Crippen LogP contribution is -2.29. The third-order valence-electron chi connectivity index (χ3n) is 5.25. The molecule has 0 unspecified atom stereocenters. The normalized spacial score (nSPS) is 19.4. The van der Waals surface area contributed by atoms with Crippen LogP contribution in [0.1, 0.15) is 29.2 Å². The molecule has 4 aromatic rings. The van der Waals surface area contributed by atoms with E-state index in [4.69, 9.17) is 4.52 Å². The van der Waals surface area contributed by atoms with Crippen molar-refractivity contribution in [2.24, 2.45) is 5.92 Å². The predicted molar refractivity (Wildman–Crippen MR) is 101 cm³/mol. The monoisotopic (exact) mass is 374 g/mol. The highest BCUT2D eigenvalue weighted by atomic mass is 16.5. The molecule has 8 nitrogen and oxygen atoms in total. The molecule has 1 amide bonds. The van der Waals surface area contributed by atoms with Crippen molar-refractivity contribution in [2.75, 3.05) is 13.1 Å². The van der Waals surface area contributed by atoms with E-state index < -0.39 is 0 Å². The smallest absolute Gasteiger partial charge is 0.275 e. The number of benzene rings is 1. The van der Waals surface area contributed by atoms with E-state index in [1.54, 1.807) is 12.4 Å². The van der Waals surface area contributed by atoms with E-state index in [1.807, 2.05) is 41.3 Å². The number of nitrogens with zero attached hydrogens (tertiary/aromatic N) is 5. The fourth-order valence-corrected chi connectivity index (χ4v) is 3.73. The van der Waals surface area contributed by atoms with Crippen molar-refractivity contribution in [3.63, 3.8) is 0 Å². The van der Waals surface area contributed by atoms with Crippen LogP contribution in [0.3, 0.4) is 0 Å². The quantitative estimate of drug-likeness (QED) is 0.592. The van der Waals surface area contributed by atoms with Crippen LogP contribution in [0, 0.1) is 5.92 Å². The van der Waals surface area contributed by atoms with Gasteiger partial charge in [0, 0.05) is 36.4 Å². The highest BCUT2D eigenvalue weighted by Gasteiger charge is 2.38. The van der Waals surface area contributed by atoms with Gasteiger partial charge in [-0.1, -0.05) is 30.3 Å². The Morgan fingerprint density at radius 2 is 2.11 bits per heavy atom. The van der Waals surface area contributed by atoms with Crippen LogP contribution in [0.4, 0.5) is 0 Å². The van der Waals surface area contributed by atoms with Crippen LogP contribution >= 0.6 is 0 Å². The number of carbonyl (C=O) groups is 1. The molecule has 1 aromatic carbocycles. The fraction of sp³-hybridized carbons (Fsp3) is 0.250. The van der Waals surface area contributed by atoms with E-state index >= 15 is 0 Å². The second-order valence-corrected chi connectivity index (χ2v) is 7.11. The largest absolute Gasteiger partial charge is 0.339 e. The number of hydrogen-bond donors (Lipinski definition) is 1. The number of rotatable bonds is 3. The summed E-state index contributed by atoms with van der Waals surface area (Å²) < 4.78 is 5.51. The summed E-state index contributed by atoms with van der Waals surface area (Å²) in [4.78, 5) is 23.5. The van der Waals surface area contributed by atoms with Crippen molar-refractivity contribution >= 4 is 16.8 Å². The zero-order valence-electron chi connectivity index (χ0n) is 15.2. The average molecular weight is 374 g/mol. The van der Waals surface area contributed by atoms with Gasteiger partial charge in [0.15, 0.2) is 5.69 Å². The van der Waals surface area contributed by atoms with E-state index in [0.717, 1.165) is 16.5 Å². The molecule has 0 spiro atoms. The minimum Gasteiger partial charge on any atom is -0.339 e. The third kappa shape index (κ3) is 2.74. The van der Waals surface area contributed by atoms with Crippen LogP contribution in [-0.4, -0.2) is 49.2 Å². The maximum Gasteiger partial charge on any atom is 0.275 e. The first-order chi connectivity index (χ1) is 13.7. The lowest BCUT2D eigenvalue weighted by atomic mass is 9.98. The first-order valence-electron chi connectivity index (χ1n) is 9.17. The third-order valence-corrected chi connectivity index (χ3v) is 5.25. The Hall–Kier alpha value is -3.55. The van der Waals surface area contributed by atoms with Gasteiger partial charge >= 0.3 is 0 Å². The Labute approximate surface area is 160 Å². The highest BCUT2D eigenvalue weighted by molar-refractivity contribution is 6.04. The minimum absolute atomic E-state index is 0.00734. The number of hydrogen-bond acceptors (Lipinski definition) is 6. The maximum absolute atomic E-state index is 13.0. The Balaban J connectivity index is 1.38. The molecule has 2 atom stereocenters. The lowest BCUT2D eigenvalue weighted by molar-refractivity contribution is 0.0782. The number of nitrogens with one attached hydrogen (secondary N) is 1. The molecular weight excluding hydrogens is 356 g/mol. The summed E-state index contributed by atoms with van der Waals surface area (Å²) in [6.45, 7) is 3.24. The Kier molecular flexibility index (Phi) is 3.89. The van der Waals surface area contributed by atoms with E-state index in [2.05, 4.69) is 32.2 Å². The number of aromatic nitrogens is 5. The van der Waals surface area contributed by atoms with Crippen molar-refractivity contribution in [2.45, 2.75) is 12.8 Å². The van der Waals surface area contributed by atoms with Crippen LogP contribution in [0.2, 0.25) is 0 Å². The van der Waals surface area contributed by atoms with Crippen molar-refractivity contribution in [1.82, 2.24) is 30.2 Å². The second kappa shape index (κ2) is 6.56. The molecule has 1 aliphatic rings. The van der Waals surface area contributed by atoms with Crippen LogP contribution < -0.4 is 0 Å². The Morgan fingerprint density at radius 1 is 1.21 bits per heavy atom. The maximum atomic E-state index is 13.0. The van der Waals surface area contributed by atoms with E-state index in [1.165, 1.54) is 0 Å². The molecule has 1 saturated heterocycles. The van der Waals surface area contributed by atoms with Crippen molar-refractivity contribution in [3.8, 4) is 11.4 Å². The number of para-hydroxylation sites is 1. The number of carbonyl (C=O) groups excluding carboxylic acids is 1. The topological polar surface area (TPSA) is 101 Å². The number of fused-ring (bicyclic) bond motifs is 1. The van der Waals surface area contributed by atoms with Crippen molar-refractivity contribution in [3.05, 3.63) is 60.4 Å². The van der Waals surface area contributed by atoms with Gasteiger partial charge in [-0.3, -0.25) is 14.9 Å². The molecule has 0 radical (unpaired) electrons. The molecule has 8 heteroatoms. The SMILES string of the molecule is C[C@H]1CN(C(=O)c2n[nH]c3ccccc23)C[C@@H]1c1nc(-c2cccnc2)no1. The molecule has 0 bridgehead atoms. The number of H-pyrrole nitrogens is 1. The van der Waals surface area contributed by atoms with Gasteiger partial charge in [-0.15, -0.1) is 0 Å². The molecule has 1 aliphatic heterocycles. The number of pyridine rings is 1. The predicted octanol–water partition coefficient (Wildman–Crippen LogP) is 2.88. The van der Waals surface area contributed by atoms with Gasteiger partial charge in [-0.2, -0.15) is 10.1 Å². The average Bonchev–Trinajstić information content (AvgIpc) is 3.46. The number of aromatic amines is 1. The van der Waals surface area contributed by atoms with Gasteiger partial charge in [0.05, 0.1) is 11.4 Å². The molecule has 5 rings (SSSR count). The second-order valence-electron chi connectivity index (χ2n) is 7.11.